The first-order valence-corrected chi connectivity index (χ1v) is 12.0. The molecule has 3 aromatic rings. The van der Waals surface area contributed by atoms with Gasteiger partial charge >= 0.3 is 6.18 Å². The van der Waals surface area contributed by atoms with Crippen molar-refractivity contribution in [3.8, 4) is 0 Å². The molecule has 176 valence electrons. The van der Waals surface area contributed by atoms with Crippen molar-refractivity contribution < 1.29 is 18.0 Å². The Bertz CT molecular complexity index is 1200. The lowest BCUT2D eigenvalue weighted by Crippen LogP contribution is -2.17. The fourth-order valence-electron chi connectivity index (χ4n) is 3.73. The van der Waals surface area contributed by atoms with E-state index in [4.69, 9.17) is 0 Å². The average Bonchev–Trinajstić information content (AvgIpc) is 3.47. The number of aromatic nitrogens is 4. The van der Waals surface area contributed by atoms with Crippen LogP contribution in [0.4, 0.5) is 18.9 Å². The molecule has 0 unspecified atom stereocenters. The maximum atomic E-state index is 13.3. The number of carbonyl (C=O) groups is 1. The molecule has 2 aromatic heterocycles. The Morgan fingerprint density at radius 2 is 1.88 bits per heavy atom. The van der Waals surface area contributed by atoms with Crippen LogP contribution in [0.2, 0.25) is 0 Å². The quantitative estimate of drug-likeness (QED) is 0.358. The Morgan fingerprint density at radius 1 is 1.15 bits per heavy atom. The summed E-state index contributed by atoms with van der Waals surface area (Å²) < 4.78 is 43.9. The molecule has 1 aromatic carbocycles. The molecule has 0 spiro atoms. The summed E-state index contributed by atoms with van der Waals surface area (Å²) in [6, 6.07) is 7.43. The molecule has 0 atom stereocenters. The van der Waals surface area contributed by atoms with Crippen molar-refractivity contribution in [1.82, 2.24) is 19.6 Å². The number of halogens is 5. The Morgan fingerprint density at radius 3 is 2.48 bits per heavy atom. The highest BCUT2D eigenvalue weighted by molar-refractivity contribution is 9.10. The minimum atomic E-state index is -4.54. The molecule has 1 fully saturated rings. The van der Waals surface area contributed by atoms with Crippen LogP contribution in [0, 0.1) is 13.8 Å². The zero-order valence-electron chi connectivity index (χ0n) is 18.0. The number of anilines is 1. The molecule has 1 saturated carbocycles. The summed E-state index contributed by atoms with van der Waals surface area (Å²) >= 11 is 6.59. The van der Waals surface area contributed by atoms with Crippen molar-refractivity contribution in [2.24, 2.45) is 0 Å². The van der Waals surface area contributed by atoms with Crippen LogP contribution in [0.1, 0.15) is 53.5 Å². The summed E-state index contributed by atoms with van der Waals surface area (Å²) in [4.78, 5) is 12.5. The number of nitrogens with zero attached hydrogens (tertiary/aromatic N) is 4. The van der Waals surface area contributed by atoms with Crippen molar-refractivity contribution in [3.63, 3.8) is 0 Å². The predicted octanol–water partition coefficient (Wildman–Crippen LogP) is 6.19. The Kier molecular flexibility index (Phi) is 6.73. The molecule has 6 nitrogen and oxygen atoms in total. The summed E-state index contributed by atoms with van der Waals surface area (Å²) in [5.74, 6) is -0.236. The van der Waals surface area contributed by atoms with Crippen molar-refractivity contribution in [3.05, 3.63) is 61.6 Å². The van der Waals surface area contributed by atoms with E-state index >= 15 is 0 Å². The Hall–Kier alpha value is -2.14. The molecule has 11 heteroatoms. The maximum absolute atomic E-state index is 13.3. The third kappa shape index (κ3) is 5.34. The van der Waals surface area contributed by atoms with Crippen molar-refractivity contribution in [2.75, 3.05) is 5.32 Å². The van der Waals surface area contributed by atoms with Crippen LogP contribution in [-0.2, 0) is 24.1 Å². The molecule has 0 bridgehead atoms. The average molecular weight is 589 g/mol. The molecule has 1 aliphatic carbocycles. The molecule has 1 aliphatic rings. The second-order valence-electron chi connectivity index (χ2n) is 8.18. The van der Waals surface area contributed by atoms with Gasteiger partial charge in [0.2, 0.25) is 5.91 Å². The van der Waals surface area contributed by atoms with Crippen LogP contribution in [0.25, 0.3) is 0 Å². The van der Waals surface area contributed by atoms with Gasteiger partial charge in [-0.15, -0.1) is 0 Å². The van der Waals surface area contributed by atoms with Gasteiger partial charge in [0.25, 0.3) is 0 Å². The predicted molar refractivity (Wildman–Crippen MR) is 125 cm³/mol. The first-order valence-electron chi connectivity index (χ1n) is 10.5. The number of benzene rings is 1. The van der Waals surface area contributed by atoms with Gasteiger partial charge in [-0.3, -0.25) is 14.2 Å². The zero-order valence-corrected chi connectivity index (χ0v) is 21.2. The first kappa shape index (κ1) is 24.0. The molecule has 0 saturated heterocycles. The minimum Gasteiger partial charge on any atom is -0.326 e. The van der Waals surface area contributed by atoms with Gasteiger partial charge in [0, 0.05) is 18.0 Å². The Labute approximate surface area is 205 Å². The fraction of sp³-hybridized carbons (Fsp3) is 0.409. The lowest BCUT2D eigenvalue weighted by Gasteiger charge is -2.10. The van der Waals surface area contributed by atoms with Crippen LogP contribution in [0.5, 0.6) is 0 Å². The number of aryl methyl sites for hydroxylation is 2. The zero-order chi connectivity index (χ0) is 23.9. The van der Waals surface area contributed by atoms with E-state index in [9.17, 15) is 18.0 Å². The normalized spacial score (nSPS) is 14.0. The summed E-state index contributed by atoms with van der Waals surface area (Å²) in [6.45, 7) is 4.53. The van der Waals surface area contributed by atoms with E-state index in [1.54, 1.807) is 6.07 Å². The lowest BCUT2D eigenvalue weighted by atomic mass is 10.2. The summed E-state index contributed by atoms with van der Waals surface area (Å²) in [5.41, 5.74) is 3.09. The molecule has 33 heavy (non-hydrogen) atoms. The van der Waals surface area contributed by atoms with Crippen LogP contribution in [0.3, 0.4) is 0 Å². The third-order valence-corrected chi connectivity index (χ3v) is 7.48. The molecule has 1 N–H and O–H groups in total. The van der Waals surface area contributed by atoms with Gasteiger partial charge in [0.1, 0.15) is 0 Å². The van der Waals surface area contributed by atoms with E-state index in [0.29, 0.717) is 17.9 Å². The second-order valence-corrected chi connectivity index (χ2v) is 9.77. The summed E-state index contributed by atoms with van der Waals surface area (Å²) in [6.07, 6.45) is -2.88. The number of amides is 1. The second kappa shape index (κ2) is 9.25. The molecule has 4 rings (SSSR count). The number of hydrogen-bond acceptors (Lipinski definition) is 3. The monoisotopic (exact) mass is 587 g/mol. The van der Waals surface area contributed by atoms with E-state index in [1.165, 1.54) is 4.68 Å². The number of rotatable bonds is 7. The SMILES string of the molecule is Cc1nn(Cc2cccc(NC(=O)CCn3nc(C(F)(F)F)c(Br)c3C3CC3)c2)c(C)c1Br. The van der Waals surface area contributed by atoms with Gasteiger partial charge in [-0.2, -0.15) is 23.4 Å². The van der Waals surface area contributed by atoms with Crippen LogP contribution >= 0.6 is 31.9 Å². The van der Waals surface area contributed by atoms with E-state index in [0.717, 1.165) is 34.3 Å². The van der Waals surface area contributed by atoms with E-state index < -0.39 is 11.9 Å². The summed E-state index contributed by atoms with van der Waals surface area (Å²) in [7, 11) is 0. The van der Waals surface area contributed by atoms with Crippen LogP contribution in [-0.4, -0.2) is 25.5 Å². The van der Waals surface area contributed by atoms with Crippen molar-refractivity contribution >= 4 is 43.5 Å². The minimum absolute atomic E-state index is 0.0126. The third-order valence-electron chi connectivity index (χ3n) is 5.55. The van der Waals surface area contributed by atoms with E-state index in [-0.39, 0.29) is 29.3 Å². The molecular formula is C22H22Br2F3N5O. The number of hydrogen-bond donors (Lipinski definition) is 1. The highest BCUT2D eigenvalue weighted by atomic mass is 79.9. The molecule has 0 radical (unpaired) electrons. The fourth-order valence-corrected chi connectivity index (χ4v) is 4.85. The van der Waals surface area contributed by atoms with Gasteiger partial charge in [0.15, 0.2) is 5.69 Å². The lowest BCUT2D eigenvalue weighted by molar-refractivity contribution is -0.142. The smallest absolute Gasteiger partial charge is 0.326 e. The van der Waals surface area contributed by atoms with Crippen LogP contribution in [0.15, 0.2) is 33.2 Å². The summed E-state index contributed by atoms with van der Waals surface area (Å²) in [5, 5.41) is 11.1. The molecular weight excluding hydrogens is 567 g/mol. The maximum Gasteiger partial charge on any atom is 0.436 e. The Balaban J connectivity index is 1.42. The van der Waals surface area contributed by atoms with E-state index in [2.05, 4.69) is 47.4 Å². The largest absolute Gasteiger partial charge is 0.436 e. The van der Waals surface area contributed by atoms with Gasteiger partial charge in [-0.25, -0.2) is 0 Å². The van der Waals surface area contributed by atoms with E-state index in [1.807, 2.05) is 36.7 Å². The number of alkyl halides is 3. The first-order chi connectivity index (χ1) is 15.5. The highest BCUT2D eigenvalue weighted by Crippen LogP contribution is 2.47. The standard InChI is InChI=1S/C22H22Br2F3N5O/c1-12-18(23)13(2)32(29-12)11-14-4-3-5-16(10-14)28-17(33)8-9-31-20(15-6-7-15)19(24)21(30-31)22(25,26)27/h3-5,10,15H,6-9,11H2,1-2H3,(H,28,33). The molecule has 1 amide bonds. The van der Waals surface area contributed by atoms with Crippen LogP contribution < -0.4 is 5.32 Å². The highest BCUT2D eigenvalue weighted by Gasteiger charge is 2.41. The molecule has 2 heterocycles. The molecule has 0 aliphatic heterocycles. The van der Waals surface area contributed by atoms with Crippen molar-refractivity contribution in [1.29, 1.82) is 0 Å². The van der Waals surface area contributed by atoms with Gasteiger partial charge in [0.05, 0.1) is 39.1 Å². The van der Waals surface area contributed by atoms with Gasteiger partial charge < -0.3 is 5.32 Å². The van der Waals surface area contributed by atoms with Gasteiger partial charge in [-0.1, -0.05) is 12.1 Å². The van der Waals surface area contributed by atoms with Gasteiger partial charge in [-0.05, 0) is 76.2 Å². The topological polar surface area (TPSA) is 64.7 Å². The number of carbonyl (C=O) groups excluding carboxylic acids is 1. The number of nitrogens with one attached hydrogen (secondary N) is 1. The van der Waals surface area contributed by atoms with Crippen molar-refractivity contribution in [2.45, 2.75) is 58.3 Å².